The van der Waals surface area contributed by atoms with Gasteiger partial charge in [-0.2, -0.15) is 0 Å². The summed E-state index contributed by atoms with van der Waals surface area (Å²) in [5, 5.41) is 9.16. The molecular weight excluding hydrogens is 301 g/mol. The summed E-state index contributed by atoms with van der Waals surface area (Å²) in [6.45, 7) is 1.72. The van der Waals surface area contributed by atoms with Gasteiger partial charge in [-0.15, -0.1) is 0 Å². The maximum absolute atomic E-state index is 12.8. The molecule has 1 amide bonds. The number of rotatable bonds is 4. The minimum atomic E-state index is -0.445. The first-order chi connectivity index (χ1) is 11.1. The van der Waals surface area contributed by atoms with Gasteiger partial charge in [-0.05, 0) is 31.2 Å². The zero-order valence-corrected chi connectivity index (χ0v) is 12.1. The second-order valence-corrected chi connectivity index (χ2v) is 4.70. The third kappa shape index (κ3) is 3.67. The monoisotopic (exact) mass is 313 g/mol. The first kappa shape index (κ1) is 14.6. The number of nitrogens with zero attached hydrogens (tertiary/aromatic N) is 3. The van der Waals surface area contributed by atoms with Gasteiger partial charge in [-0.1, -0.05) is 5.16 Å². The molecule has 0 bridgehead atoms. The highest BCUT2D eigenvalue weighted by Gasteiger charge is 2.11. The van der Waals surface area contributed by atoms with Crippen molar-refractivity contribution in [1.82, 2.24) is 15.1 Å². The fraction of sp³-hybridized carbons (Fsp3) is 0.0667. The predicted molar refractivity (Wildman–Crippen MR) is 80.9 cm³/mol. The van der Waals surface area contributed by atoms with Crippen molar-refractivity contribution in [2.24, 2.45) is 0 Å². The van der Waals surface area contributed by atoms with Crippen molar-refractivity contribution in [1.29, 1.82) is 0 Å². The SMILES string of the molecule is Cc1cc(NC(=O)c2cnc(Nc3ccc(F)cc3)cn2)no1. The quantitative estimate of drug-likeness (QED) is 0.769. The van der Waals surface area contributed by atoms with Gasteiger partial charge in [0.25, 0.3) is 5.91 Å². The van der Waals surface area contributed by atoms with Crippen molar-refractivity contribution in [2.45, 2.75) is 6.92 Å². The molecular formula is C15H12FN5O2. The van der Waals surface area contributed by atoms with Gasteiger partial charge in [-0.3, -0.25) is 4.79 Å². The van der Waals surface area contributed by atoms with Crippen LogP contribution in [0.25, 0.3) is 0 Å². The van der Waals surface area contributed by atoms with Crippen molar-refractivity contribution >= 4 is 23.2 Å². The van der Waals surface area contributed by atoms with Crippen molar-refractivity contribution in [3.8, 4) is 0 Å². The van der Waals surface area contributed by atoms with Crippen LogP contribution in [0.5, 0.6) is 0 Å². The number of benzene rings is 1. The van der Waals surface area contributed by atoms with Crippen LogP contribution in [-0.2, 0) is 0 Å². The van der Waals surface area contributed by atoms with Gasteiger partial charge in [0, 0.05) is 11.8 Å². The van der Waals surface area contributed by atoms with E-state index < -0.39 is 5.91 Å². The number of hydrogen-bond donors (Lipinski definition) is 2. The molecule has 0 saturated carbocycles. The van der Waals surface area contributed by atoms with E-state index in [4.69, 9.17) is 4.52 Å². The molecule has 0 spiro atoms. The van der Waals surface area contributed by atoms with Gasteiger partial charge in [-0.25, -0.2) is 14.4 Å². The van der Waals surface area contributed by atoms with Gasteiger partial charge in [0.1, 0.15) is 23.1 Å². The van der Waals surface area contributed by atoms with E-state index in [-0.39, 0.29) is 11.5 Å². The highest BCUT2D eigenvalue weighted by atomic mass is 19.1. The fourth-order valence-corrected chi connectivity index (χ4v) is 1.80. The number of carbonyl (C=O) groups excluding carboxylic acids is 1. The van der Waals surface area contributed by atoms with Crippen molar-refractivity contribution < 1.29 is 13.7 Å². The summed E-state index contributed by atoms with van der Waals surface area (Å²) in [6.07, 6.45) is 2.74. The van der Waals surface area contributed by atoms with E-state index in [0.717, 1.165) is 0 Å². The summed E-state index contributed by atoms with van der Waals surface area (Å²) in [7, 11) is 0. The third-order valence-electron chi connectivity index (χ3n) is 2.87. The fourth-order valence-electron chi connectivity index (χ4n) is 1.80. The standard InChI is InChI=1S/C15H12FN5O2/c1-9-6-13(21-23-9)20-15(22)12-7-18-14(8-17-12)19-11-4-2-10(16)3-5-11/h2-8H,1H3,(H,18,19)(H,20,21,22). The maximum Gasteiger partial charge on any atom is 0.277 e. The highest BCUT2D eigenvalue weighted by Crippen LogP contribution is 2.14. The number of halogens is 1. The normalized spacial score (nSPS) is 10.3. The molecule has 8 heteroatoms. The Balaban J connectivity index is 1.66. The smallest absolute Gasteiger partial charge is 0.277 e. The number of aromatic nitrogens is 3. The number of hydrogen-bond acceptors (Lipinski definition) is 6. The van der Waals surface area contributed by atoms with E-state index in [9.17, 15) is 9.18 Å². The minimum absolute atomic E-state index is 0.135. The van der Waals surface area contributed by atoms with E-state index in [2.05, 4.69) is 25.8 Å². The molecule has 0 aliphatic rings. The van der Waals surface area contributed by atoms with E-state index in [0.29, 0.717) is 23.1 Å². The molecule has 0 fully saturated rings. The van der Waals surface area contributed by atoms with Gasteiger partial charge >= 0.3 is 0 Å². The van der Waals surface area contributed by atoms with Crippen LogP contribution in [0.4, 0.5) is 21.7 Å². The Morgan fingerprint density at radius 2 is 1.91 bits per heavy atom. The lowest BCUT2D eigenvalue weighted by atomic mass is 10.3. The summed E-state index contributed by atoms with van der Waals surface area (Å²) in [4.78, 5) is 20.1. The lowest BCUT2D eigenvalue weighted by Crippen LogP contribution is -2.14. The van der Waals surface area contributed by atoms with E-state index in [1.165, 1.54) is 24.5 Å². The molecule has 116 valence electrons. The molecule has 3 aromatic rings. The Bertz CT molecular complexity index is 815. The van der Waals surface area contributed by atoms with E-state index >= 15 is 0 Å². The molecule has 2 heterocycles. The van der Waals surface area contributed by atoms with Crippen LogP contribution < -0.4 is 10.6 Å². The maximum atomic E-state index is 12.8. The van der Waals surface area contributed by atoms with Crippen LogP contribution in [-0.4, -0.2) is 21.0 Å². The molecule has 0 aliphatic heterocycles. The number of nitrogens with one attached hydrogen (secondary N) is 2. The molecule has 0 atom stereocenters. The summed E-state index contributed by atoms with van der Waals surface area (Å²) >= 11 is 0. The number of carbonyl (C=O) groups is 1. The Hall–Kier alpha value is -3.29. The average Bonchev–Trinajstić information content (AvgIpc) is 2.95. The van der Waals surface area contributed by atoms with Gasteiger partial charge in [0.05, 0.1) is 12.4 Å². The molecule has 2 N–H and O–H groups in total. The molecule has 3 rings (SSSR count). The molecule has 0 saturated heterocycles. The number of aryl methyl sites for hydroxylation is 1. The number of anilines is 3. The van der Waals surface area contributed by atoms with E-state index in [1.54, 1.807) is 25.1 Å². The summed E-state index contributed by atoms with van der Waals surface area (Å²) in [5.41, 5.74) is 0.797. The Morgan fingerprint density at radius 1 is 1.13 bits per heavy atom. The largest absolute Gasteiger partial charge is 0.360 e. The van der Waals surface area contributed by atoms with Gasteiger partial charge in [0.2, 0.25) is 0 Å². The first-order valence-corrected chi connectivity index (χ1v) is 6.69. The third-order valence-corrected chi connectivity index (χ3v) is 2.87. The average molecular weight is 313 g/mol. The Kier molecular flexibility index (Phi) is 3.96. The molecule has 7 nitrogen and oxygen atoms in total. The second-order valence-electron chi connectivity index (χ2n) is 4.70. The molecule has 2 aromatic heterocycles. The zero-order valence-electron chi connectivity index (χ0n) is 12.1. The summed E-state index contributed by atoms with van der Waals surface area (Å²) in [5.74, 6) is 0.564. The van der Waals surface area contributed by atoms with Crippen LogP contribution in [0, 0.1) is 12.7 Å². The van der Waals surface area contributed by atoms with Crippen LogP contribution in [0.3, 0.4) is 0 Å². The molecule has 0 unspecified atom stereocenters. The summed E-state index contributed by atoms with van der Waals surface area (Å²) < 4.78 is 17.7. The van der Waals surface area contributed by atoms with Crippen molar-refractivity contribution in [2.75, 3.05) is 10.6 Å². The summed E-state index contributed by atoms with van der Waals surface area (Å²) in [6, 6.07) is 7.40. The molecule has 23 heavy (non-hydrogen) atoms. The van der Waals surface area contributed by atoms with Crippen molar-refractivity contribution in [3.05, 3.63) is 60.0 Å². The Morgan fingerprint density at radius 3 is 2.52 bits per heavy atom. The zero-order chi connectivity index (χ0) is 16.2. The van der Waals surface area contributed by atoms with Crippen LogP contribution in [0.1, 0.15) is 16.2 Å². The molecule has 0 radical (unpaired) electrons. The Labute approximate surface area is 130 Å². The van der Waals surface area contributed by atoms with Crippen molar-refractivity contribution in [3.63, 3.8) is 0 Å². The topological polar surface area (TPSA) is 92.9 Å². The minimum Gasteiger partial charge on any atom is -0.360 e. The predicted octanol–water partition coefficient (Wildman–Crippen LogP) is 2.91. The lowest BCUT2D eigenvalue weighted by molar-refractivity contribution is 0.102. The lowest BCUT2D eigenvalue weighted by Gasteiger charge is -2.05. The first-order valence-electron chi connectivity index (χ1n) is 6.69. The van der Waals surface area contributed by atoms with Gasteiger partial charge in [0.15, 0.2) is 5.82 Å². The van der Waals surface area contributed by atoms with Gasteiger partial charge < -0.3 is 15.2 Å². The molecule has 0 aliphatic carbocycles. The molecule has 1 aromatic carbocycles. The van der Waals surface area contributed by atoms with Crippen LogP contribution in [0.15, 0.2) is 47.2 Å². The van der Waals surface area contributed by atoms with Crippen LogP contribution in [0.2, 0.25) is 0 Å². The van der Waals surface area contributed by atoms with E-state index in [1.807, 2.05) is 0 Å². The van der Waals surface area contributed by atoms with Crippen LogP contribution >= 0.6 is 0 Å². The second kappa shape index (κ2) is 6.22. The highest BCUT2D eigenvalue weighted by molar-refractivity contribution is 6.02. The number of amides is 1.